The van der Waals surface area contributed by atoms with Crippen LogP contribution in [0.3, 0.4) is 0 Å². The van der Waals surface area contributed by atoms with Crippen LogP contribution in [0.5, 0.6) is 11.5 Å². The van der Waals surface area contributed by atoms with Crippen LogP contribution in [0.1, 0.15) is 17.5 Å². The third kappa shape index (κ3) is 2.18. The molecule has 2 aromatic rings. The van der Waals surface area contributed by atoms with Gasteiger partial charge in [-0.05, 0) is 32.3 Å². The maximum Gasteiger partial charge on any atom is 0.138 e. The number of para-hydroxylation sites is 2. The van der Waals surface area contributed by atoms with Crippen molar-refractivity contribution in [2.75, 3.05) is 20.6 Å². The van der Waals surface area contributed by atoms with Crippen LogP contribution in [0.15, 0.2) is 48.5 Å². The maximum atomic E-state index is 6.30. The van der Waals surface area contributed by atoms with Crippen LogP contribution in [-0.4, -0.2) is 31.6 Å². The van der Waals surface area contributed by atoms with Gasteiger partial charge >= 0.3 is 0 Å². The molecule has 0 spiro atoms. The average Bonchev–Trinajstić information content (AvgIpc) is 2.85. The average molecular weight is 293 g/mol. The van der Waals surface area contributed by atoms with Crippen molar-refractivity contribution in [3.63, 3.8) is 0 Å². The number of hydrogen-bond acceptors (Lipinski definition) is 3. The predicted molar refractivity (Wildman–Crippen MR) is 87.8 cm³/mol. The standard InChI is InChI=1S/C19H19NO2/c1-20(2)12-13-11-16-14-7-3-5-9-17(14)22-18-10-6-4-8-15(18)19(16)21-13/h3-10,13H,11-12H2,1-2H3. The minimum atomic E-state index is 0.194. The van der Waals surface area contributed by atoms with Gasteiger partial charge in [0, 0.05) is 24.1 Å². The number of nitrogens with zero attached hydrogens (tertiary/aromatic N) is 1. The predicted octanol–water partition coefficient (Wildman–Crippen LogP) is 4.01. The summed E-state index contributed by atoms with van der Waals surface area (Å²) in [6.45, 7) is 0.915. The zero-order valence-corrected chi connectivity index (χ0v) is 12.9. The molecule has 3 heteroatoms. The van der Waals surface area contributed by atoms with Crippen LogP contribution in [0.25, 0.3) is 11.3 Å². The summed E-state index contributed by atoms with van der Waals surface area (Å²) in [6.07, 6.45) is 1.11. The Morgan fingerprint density at radius 3 is 2.32 bits per heavy atom. The molecule has 0 aromatic heterocycles. The molecule has 0 saturated carbocycles. The highest BCUT2D eigenvalue weighted by Gasteiger charge is 2.33. The molecule has 2 aliphatic heterocycles. The van der Waals surface area contributed by atoms with E-state index < -0.39 is 0 Å². The number of fused-ring (bicyclic) bond motifs is 4. The van der Waals surface area contributed by atoms with Gasteiger partial charge in [0.1, 0.15) is 23.4 Å². The van der Waals surface area contributed by atoms with Gasteiger partial charge in [-0.25, -0.2) is 0 Å². The van der Waals surface area contributed by atoms with Crippen molar-refractivity contribution >= 4 is 11.3 Å². The van der Waals surface area contributed by atoms with Crippen molar-refractivity contribution in [1.82, 2.24) is 4.90 Å². The summed E-state index contributed by atoms with van der Waals surface area (Å²) in [7, 11) is 4.16. The SMILES string of the molecule is CN(C)CC1CC2=C(O1)c1ccccc1Oc1ccccc12. The van der Waals surface area contributed by atoms with E-state index in [2.05, 4.69) is 37.2 Å². The number of rotatable bonds is 2. The maximum absolute atomic E-state index is 6.30. The normalized spacial score (nSPS) is 19.0. The molecule has 4 rings (SSSR count). The Hall–Kier alpha value is -2.26. The van der Waals surface area contributed by atoms with Crippen molar-refractivity contribution < 1.29 is 9.47 Å². The molecule has 1 unspecified atom stereocenters. The van der Waals surface area contributed by atoms with E-state index in [4.69, 9.17) is 9.47 Å². The fourth-order valence-electron chi connectivity index (χ4n) is 3.23. The van der Waals surface area contributed by atoms with Gasteiger partial charge in [0.2, 0.25) is 0 Å². The second kappa shape index (κ2) is 5.18. The van der Waals surface area contributed by atoms with Crippen molar-refractivity contribution in [3.8, 4) is 11.5 Å². The molecule has 2 aliphatic rings. The molecule has 0 amide bonds. The molecule has 3 nitrogen and oxygen atoms in total. The van der Waals surface area contributed by atoms with E-state index in [0.717, 1.165) is 41.4 Å². The van der Waals surface area contributed by atoms with Gasteiger partial charge in [-0.1, -0.05) is 30.3 Å². The zero-order chi connectivity index (χ0) is 15.1. The quantitative estimate of drug-likeness (QED) is 0.835. The summed E-state index contributed by atoms with van der Waals surface area (Å²) in [6, 6.07) is 16.3. The lowest BCUT2D eigenvalue weighted by Crippen LogP contribution is -2.25. The lowest BCUT2D eigenvalue weighted by atomic mass is 9.98. The fraction of sp³-hybridized carbons (Fsp3) is 0.263. The fourth-order valence-corrected chi connectivity index (χ4v) is 3.23. The highest BCUT2D eigenvalue weighted by molar-refractivity contribution is 5.94. The smallest absolute Gasteiger partial charge is 0.138 e. The summed E-state index contributed by atoms with van der Waals surface area (Å²) in [5.74, 6) is 2.76. The number of ether oxygens (including phenoxy) is 2. The van der Waals surface area contributed by atoms with Gasteiger partial charge in [-0.2, -0.15) is 0 Å². The van der Waals surface area contributed by atoms with Crippen molar-refractivity contribution in [2.45, 2.75) is 12.5 Å². The highest BCUT2D eigenvalue weighted by atomic mass is 16.5. The number of likely N-dealkylation sites (N-methyl/N-ethyl adjacent to an activating group) is 1. The van der Waals surface area contributed by atoms with Crippen LogP contribution in [0, 0.1) is 0 Å². The van der Waals surface area contributed by atoms with E-state index >= 15 is 0 Å². The topological polar surface area (TPSA) is 21.7 Å². The summed E-state index contributed by atoms with van der Waals surface area (Å²) in [5.41, 5.74) is 3.46. The lowest BCUT2D eigenvalue weighted by molar-refractivity contribution is 0.151. The van der Waals surface area contributed by atoms with Crippen LogP contribution in [-0.2, 0) is 4.74 Å². The van der Waals surface area contributed by atoms with E-state index in [0.29, 0.717) is 0 Å². The molecule has 2 aromatic carbocycles. The Kier molecular flexibility index (Phi) is 3.16. The molecule has 0 saturated heterocycles. The summed E-state index contributed by atoms with van der Waals surface area (Å²) in [4.78, 5) is 2.17. The van der Waals surface area contributed by atoms with E-state index in [1.54, 1.807) is 0 Å². The molecule has 0 fully saturated rings. The van der Waals surface area contributed by atoms with Crippen molar-refractivity contribution in [3.05, 3.63) is 59.7 Å². The molecule has 2 heterocycles. The second-order valence-electron chi connectivity index (χ2n) is 6.11. The third-order valence-electron chi connectivity index (χ3n) is 4.12. The Balaban J connectivity index is 1.84. The molecule has 22 heavy (non-hydrogen) atoms. The van der Waals surface area contributed by atoms with Gasteiger partial charge in [0.25, 0.3) is 0 Å². The molecule has 0 aliphatic carbocycles. The van der Waals surface area contributed by atoms with Crippen molar-refractivity contribution in [1.29, 1.82) is 0 Å². The highest BCUT2D eigenvalue weighted by Crippen LogP contribution is 2.48. The summed E-state index contributed by atoms with van der Waals surface area (Å²) < 4.78 is 12.4. The molecule has 0 bridgehead atoms. The van der Waals surface area contributed by atoms with E-state index in [1.165, 1.54) is 5.57 Å². The van der Waals surface area contributed by atoms with Crippen LogP contribution >= 0.6 is 0 Å². The summed E-state index contributed by atoms with van der Waals surface area (Å²) in [5, 5.41) is 0. The monoisotopic (exact) mass is 293 g/mol. The minimum Gasteiger partial charge on any atom is -0.488 e. The van der Waals surface area contributed by atoms with E-state index in [9.17, 15) is 0 Å². The third-order valence-corrected chi connectivity index (χ3v) is 4.12. The van der Waals surface area contributed by atoms with Crippen LogP contribution < -0.4 is 4.74 Å². The number of hydrogen-bond donors (Lipinski definition) is 0. The lowest BCUT2D eigenvalue weighted by Gasteiger charge is -2.19. The molecule has 1 atom stereocenters. The van der Waals surface area contributed by atoms with Gasteiger partial charge in [-0.3, -0.25) is 0 Å². The zero-order valence-electron chi connectivity index (χ0n) is 12.9. The van der Waals surface area contributed by atoms with Gasteiger partial charge in [-0.15, -0.1) is 0 Å². The van der Waals surface area contributed by atoms with Crippen LogP contribution in [0.2, 0.25) is 0 Å². The van der Waals surface area contributed by atoms with E-state index in [-0.39, 0.29) is 6.10 Å². The Labute approximate surface area is 130 Å². The first-order valence-corrected chi connectivity index (χ1v) is 7.63. The summed E-state index contributed by atoms with van der Waals surface area (Å²) >= 11 is 0. The van der Waals surface area contributed by atoms with Crippen LogP contribution in [0.4, 0.5) is 0 Å². The molecule has 0 radical (unpaired) electrons. The van der Waals surface area contributed by atoms with Gasteiger partial charge in [0.05, 0.1) is 5.56 Å². The first-order valence-electron chi connectivity index (χ1n) is 7.63. The minimum absolute atomic E-state index is 0.194. The molecule has 0 N–H and O–H groups in total. The molecular formula is C19H19NO2. The van der Waals surface area contributed by atoms with Crippen molar-refractivity contribution in [2.24, 2.45) is 0 Å². The second-order valence-corrected chi connectivity index (χ2v) is 6.11. The Morgan fingerprint density at radius 2 is 1.59 bits per heavy atom. The largest absolute Gasteiger partial charge is 0.488 e. The molecule has 112 valence electrons. The Morgan fingerprint density at radius 1 is 0.955 bits per heavy atom. The van der Waals surface area contributed by atoms with E-state index in [1.807, 2.05) is 30.3 Å². The van der Waals surface area contributed by atoms with Gasteiger partial charge < -0.3 is 14.4 Å². The first-order chi connectivity index (χ1) is 10.7. The molecular weight excluding hydrogens is 274 g/mol. The number of benzene rings is 2. The van der Waals surface area contributed by atoms with Gasteiger partial charge in [0.15, 0.2) is 0 Å². The Bertz CT molecular complexity index is 691. The first kappa shape index (κ1) is 13.4.